The van der Waals surface area contributed by atoms with E-state index in [0.717, 1.165) is 24.5 Å². The quantitative estimate of drug-likeness (QED) is 0.836. The SMILES string of the molecule is COc1ncnc(N2CC(C)OC(CN)C2)c1C. The topological polar surface area (TPSA) is 73.5 Å². The molecule has 1 aromatic heterocycles. The lowest BCUT2D eigenvalue weighted by molar-refractivity contribution is -0.0107. The third-order valence-electron chi connectivity index (χ3n) is 3.09. The number of nitrogens with zero attached hydrogens (tertiary/aromatic N) is 3. The van der Waals surface area contributed by atoms with Gasteiger partial charge in [0.15, 0.2) is 0 Å². The molecule has 1 aromatic rings. The second-order valence-corrected chi connectivity index (χ2v) is 4.54. The van der Waals surface area contributed by atoms with Crippen LogP contribution in [0.5, 0.6) is 5.88 Å². The minimum Gasteiger partial charge on any atom is -0.481 e. The predicted octanol–water partition coefficient (Wildman–Crippen LogP) is 0.346. The first-order valence-electron chi connectivity index (χ1n) is 6.11. The van der Waals surface area contributed by atoms with Crippen LogP contribution in [0.15, 0.2) is 6.33 Å². The number of rotatable bonds is 3. The van der Waals surface area contributed by atoms with Crippen LogP contribution in [0.25, 0.3) is 0 Å². The van der Waals surface area contributed by atoms with Gasteiger partial charge in [0.1, 0.15) is 12.1 Å². The van der Waals surface area contributed by atoms with E-state index in [9.17, 15) is 0 Å². The minimum absolute atomic E-state index is 0.0501. The van der Waals surface area contributed by atoms with Gasteiger partial charge in [0.05, 0.1) is 24.9 Å². The van der Waals surface area contributed by atoms with Crippen LogP contribution >= 0.6 is 0 Å². The van der Waals surface area contributed by atoms with Crippen LogP contribution in [0, 0.1) is 6.92 Å². The Hall–Kier alpha value is -1.40. The summed E-state index contributed by atoms with van der Waals surface area (Å²) in [5.74, 6) is 1.51. The van der Waals surface area contributed by atoms with Gasteiger partial charge in [0.2, 0.25) is 5.88 Å². The first-order chi connectivity index (χ1) is 8.65. The van der Waals surface area contributed by atoms with Crippen molar-refractivity contribution >= 4 is 5.82 Å². The van der Waals surface area contributed by atoms with Crippen molar-refractivity contribution in [2.75, 3.05) is 31.6 Å². The average Bonchev–Trinajstić information content (AvgIpc) is 2.38. The smallest absolute Gasteiger partial charge is 0.221 e. The summed E-state index contributed by atoms with van der Waals surface area (Å²) in [4.78, 5) is 10.6. The molecule has 18 heavy (non-hydrogen) atoms. The lowest BCUT2D eigenvalue weighted by atomic mass is 10.2. The van der Waals surface area contributed by atoms with Gasteiger partial charge in [-0.3, -0.25) is 0 Å². The van der Waals surface area contributed by atoms with E-state index in [1.54, 1.807) is 7.11 Å². The Morgan fingerprint density at radius 1 is 1.50 bits per heavy atom. The zero-order chi connectivity index (χ0) is 13.1. The summed E-state index contributed by atoms with van der Waals surface area (Å²) < 4.78 is 11.0. The predicted molar refractivity (Wildman–Crippen MR) is 68.9 cm³/mol. The zero-order valence-corrected chi connectivity index (χ0v) is 11.1. The highest BCUT2D eigenvalue weighted by molar-refractivity contribution is 5.50. The number of anilines is 1. The van der Waals surface area contributed by atoms with Crippen LogP contribution in [0.3, 0.4) is 0 Å². The molecule has 0 bridgehead atoms. The molecule has 6 nitrogen and oxygen atoms in total. The second kappa shape index (κ2) is 5.49. The highest BCUT2D eigenvalue weighted by atomic mass is 16.5. The zero-order valence-electron chi connectivity index (χ0n) is 11.1. The first-order valence-corrected chi connectivity index (χ1v) is 6.11. The van der Waals surface area contributed by atoms with Gasteiger partial charge < -0.3 is 20.1 Å². The molecule has 0 radical (unpaired) electrons. The first kappa shape index (κ1) is 13.0. The van der Waals surface area contributed by atoms with Crippen LogP contribution in [0.4, 0.5) is 5.82 Å². The molecule has 0 saturated carbocycles. The molecule has 2 heterocycles. The molecule has 2 unspecified atom stereocenters. The molecule has 0 amide bonds. The Morgan fingerprint density at radius 3 is 2.94 bits per heavy atom. The maximum atomic E-state index is 5.74. The van der Waals surface area contributed by atoms with Gasteiger partial charge in [0.25, 0.3) is 0 Å². The fourth-order valence-corrected chi connectivity index (χ4v) is 2.30. The molecular weight excluding hydrogens is 232 g/mol. The van der Waals surface area contributed by atoms with E-state index in [1.807, 2.05) is 13.8 Å². The van der Waals surface area contributed by atoms with Crippen LogP contribution in [0.2, 0.25) is 0 Å². The summed E-state index contributed by atoms with van der Waals surface area (Å²) in [5, 5.41) is 0. The second-order valence-electron chi connectivity index (χ2n) is 4.54. The third kappa shape index (κ3) is 2.54. The Kier molecular flexibility index (Phi) is 3.98. The number of ether oxygens (including phenoxy) is 2. The largest absolute Gasteiger partial charge is 0.481 e. The van der Waals surface area contributed by atoms with Crippen LogP contribution in [-0.2, 0) is 4.74 Å². The van der Waals surface area contributed by atoms with E-state index >= 15 is 0 Å². The summed E-state index contributed by atoms with van der Waals surface area (Å²) >= 11 is 0. The van der Waals surface area contributed by atoms with Crippen molar-refractivity contribution in [3.8, 4) is 5.88 Å². The average molecular weight is 252 g/mol. The normalized spacial score (nSPS) is 24.1. The maximum Gasteiger partial charge on any atom is 0.221 e. The minimum atomic E-state index is 0.0501. The van der Waals surface area contributed by atoms with E-state index < -0.39 is 0 Å². The van der Waals surface area contributed by atoms with E-state index in [1.165, 1.54) is 6.33 Å². The number of aromatic nitrogens is 2. The summed E-state index contributed by atoms with van der Waals surface area (Å²) in [6, 6.07) is 0. The molecular formula is C12H20N4O2. The van der Waals surface area contributed by atoms with Crippen molar-refractivity contribution < 1.29 is 9.47 Å². The fraction of sp³-hybridized carbons (Fsp3) is 0.667. The number of methoxy groups -OCH3 is 1. The lowest BCUT2D eigenvalue weighted by Crippen LogP contribution is -2.49. The Bertz CT molecular complexity index is 413. The highest BCUT2D eigenvalue weighted by Crippen LogP contribution is 2.26. The molecule has 1 saturated heterocycles. The molecule has 2 atom stereocenters. The van der Waals surface area contributed by atoms with Crippen molar-refractivity contribution in [3.05, 3.63) is 11.9 Å². The van der Waals surface area contributed by atoms with E-state index in [2.05, 4.69) is 14.9 Å². The molecule has 1 aliphatic heterocycles. The molecule has 6 heteroatoms. The van der Waals surface area contributed by atoms with Crippen molar-refractivity contribution in [2.24, 2.45) is 5.73 Å². The molecule has 2 rings (SSSR count). The number of hydrogen-bond donors (Lipinski definition) is 1. The van der Waals surface area contributed by atoms with Gasteiger partial charge in [-0.25, -0.2) is 9.97 Å². The fourth-order valence-electron chi connectivity index (χ4n) is 2.30. The van der Waals surface area contributed by atoms with Crippen molar-refractivity contribution in [1.29, 1.82) is 0 Å². The van der Waals surface area contributed by atoms with Crippen LogP contribution < -0.4 is 15.4 Å². The Balaban J connectivity index is 2.25. The number of nitrogens with two attached hydrogens (primary N) is 1. The van der Waals surface area contributed by atoms with Gasteiger partial charge in [-0.05, 0) is 13.8 Å². The molecule has 1 aliphatic rings. The number of morpholine rings is 1. The lowest BCUT2D eigenvalue weighted by Gasteiger charge is -2.37. The monoisotopic (exact) mass is 252 g/mol. The molecule has 2 N–H and O–H groups in total. The summed E-state index contributed by atoms with van der Waals surface area (Å²) in [6.45, 7) is 6.08. The van der Waals surface area contributed by atoms with Crippen molar-refractivity contribution in [2.45, 2.75) is 26.1 Å². The highest BCUT2D eigenvalue weighted by Gasteiger charge is 2.26. The van der Waals surface area contributed by atoms with Gasteiger partial charge in [0, 0.05) is 19.6 Å². The Morgan fingerprint density at radius 2 is 2.28 bits per heavy atom. The molecule has 0 aromatic carbocycles. The van der Waals surface area contributed by atoms with Gasteiger partial charge >= 0.3 is 0 Å². The maximum absolute atomic E-state index is 5.74. The summed E-state index contributed by atoms with van der Waals surface area (Å²) in [6.07, 6.45) is 1.72. The van der Waals surface area contributed by atoms with Crippen molar-refractivity contribution in [3.63, 3.8) is 0 Å². The molecule has 100 valence electrons. The molecule has 0 spiro atoms. The van der Waals surface area contributed by atoms with E-state index in [0.29, 0.717) is 12.4 Å². The van der Waals surface area contributed by atoms with Crippen LogP contribution in [-0.4, -0.2) is 48.9 Å². The summed E-state index contributed by atoms with van der Waals surface area (Å²) in [7, 11) is 1.61. The van der Waals surface area contributed by atoms with Gasteiger partial charge in [-0.1, -0.05) is 0 Å². The van der Waals surface area contributed by atoms with E-state index in [-0.39, 0.29) is 12.2 Å². The van der Waals surface area contributed by atoms with Crippen molar-refractivity contribution in [1.82, 2.24) is 9.97 Å². The molecule has 0 aliphatic carbocycles. The summed E-state index contributed by atoms with van der Waals surface area (Å²) in [5.41, 5.74) is 6.64. The Labute approximate surface area is 107 Å². The van der Waals surface area contributed by atoms with Gasteiger partial charge in [-0.2, -0.15) is 0 Å². The standard InChI is InChI=1S/C12H20N4O2/c1-8-5-16(6-10(4-13)18-8)11-9(2)12(17-3)15-7-14-11/h7-8,10H,4-6,13H2,1-3H3. The molecule has 1 fully saturated rings. The van der Waals surface area contributed by atoms with Crippen LogP contribution in [0.1, 0.15) is 12.5 Å². The third-order valence-corrected chi connectivity index (χ3v) is 3.09. The number of hydrogen-bond acceptors (Lipinski definition) is 6. The van der Waals surface area contributed by atoms with E-state index in [4.69, 9.17) is 15.2 Å². The van der Waals surface area contributed by atoms with Gasteiger partial charge in [-0.15, -0.1) is 0 Å².